The van der Waals surface area contributed by atoms with Gasteiger partial charge in [-0.1, -0.05) is 18.2 Å². The summed E-state index contributed by atoms with van der Waals surface area (Å²) in [5, 5.41) is 13.9. The number of hydrogen-bond donors (Lipinski definition) is 3. The van der Waals surface area contributed by atoms with Crippen LogP contribution in [0, 0.1) is 0 Å². The third-order valence-electron chi connectivity index (χ3n) is 1.65. The van der Waals surface area contributed by atoms with Crippen LogP contribution in [0.4, 0.5) is 4.79 Å². The second kappa shape index (κ2) is 8.29. The molecule has 0 spiro atoms. The van der Waals surface area contributed by atoms with Crippen molar-refractivity contribution in [2.45, 2.75) is 12.5 Å². The molecule has 1 atom stereocenters. The van der Waals surface area contributed by atoms with E-state index in [1.165, 1.54) is 11.8 Å². The van der Waals surface area contributed by atoms with Crippen LogP contribution in [0.5, 0.6) is 0 Å². The fraction of sp³-hybridized carbons (Fsp3) is 0.556. The molecule has 0 aromatic heterocycles. The maximum atomic E-state index is 11.2. The Morgan fingerprint density at radius 2 is 2.19 bits per heavy atom. The van der Waals surface area contributed by atoms with Crippen molar-refractivity contribution < 1.29 is 14.7 Å². The molecule has 3 N–H and O–H groups in total. The molecule has 0 aliphatic carbocycles. The zero-order valence-electron chi connectivity index (χ0n) is 8.96. The normalized spacial score (nSPS) is 11.6. The number of carbonyl (C=O) groups excluding carboxylic acids is 1. The number of carbonyl (C=O) groups is 2. The van der Waals surface area contributed by atoms with Gasteiger partial charge in [0.05, 0.1) is 6.54 Å². The Kier molecular flexibility index (Phi) is 7.84. The third-order valence-corrected chi connectivity index (χ3v) is 2.43. The van der Waals surface area contributed by atoms with Gasteiger partial charge in [-0.2, -0.15) is 11.8 Å². The van der Waals surface area contributed by atoms with Crippen LogP contribution in [-0.4, -0.2) is 41.7 Å². The third kappa shape index (κ3) is 7.42. The first kappa shape index (κ1) is 15.1. The van der Waals surface area contributed by atoms with Gasteiger partial charge in [0.2, 0.25) is 0 Å². The average molecular weight is 267 g/mol. The van der Waals surface area contributed by atoms with E-state index in [-0.39, 0.29) is 11.6 Å². The molecule has 5 nitrogen and oxygen atoms in total. The molecular formula is C9H15ClN2O3S. The lowest BCUT2D eigenvalue weighted by atomic mass is 10.2. The fourth-order valence-corrected chi connectivity index (χ4v) is 1.42. The van der Waals surface area contributed by atoms with Crippen molar-refractivity contribution in [2.75, 3.05) is 18.6 Å². The Hall–Kier alpha value is -0.880. The minimum absolute atomic E-state index is 0.113. The molecule has 0 saturated carbocycles. The molecule has 16 heavy (non-hydrogen) atoms. The molecular weight excluding hydrogens is 252 g/mol. The summed E-state index contributed by atoms with van der Waals surface area (Å²) in [6, 6.07) is -1.44. The summed E-state index contributed by atoms with van der Waals surface area (Å²) in [5.74, 6) is -0.381. The number of halogens is 1. The summed E-state index contributed by atoms with van der Waals surface area (Å²) in [7, 11) is 0. The maximum Gasteiger partial charge on any atom is 0.326 e. The molecule has 0 aliphatic rings. The number of rotatable bonds is 7. The van der Waals surface area contributed by atoms with Crippen LogP contribution in [-0.2, 0) is 4.79 Å². The van der Waals surface area contributed by atoms with E-state index in [1.807, 2.05) is 6.26 Å². The predicted octanol–water partition coefficient (Wildman–Crippen LogP) is 1.24. The van der Waals surface area contributed by atoms with Gasteiger partial charge in [0.25, 0.3) is 0 Å². The molecule has 2 amide bonds. The van der Waals surface area contributed by atoms with Crippen LogP contribution >= 0.6 is 23.4 Å². The van der Waals surface area contributed by atoms with Crippen molar-refractivity contribution >= 4 is 35.4 Å². The molecule has 0 unspecified atom stereocenters. The predicted molar refractivity (Wildman–Crippen MR) is 66.0 cm³/mol. The number of amides is 2. The topological polar surface area (TPSA) is 78.4 Å². The molecule has 0 bridgehead atoms. The van der Waals surface area contributed by atoms with E-state index < -0.39 is 18.0 Å². The molecule has 0 aliphatic heterocycles. The van der Waals surface area contributed by atoms with E-state index in [1.54, 1.807) is 0 Å². The fourth-order valence-electron chi connectivity index (χ4n) is 0.879. The first-order valence-corrected chi connectivity index (χ1v) is 6.34. The van der Waals surface area contributed by atoms with Gasteiger partial charge in [-0.05, 0) is 18.4 Å². The van der Waals surface area contributed by atoms with Gasteiger partial charge in [-0.25, -0.2) is 9.59 Å². The molecule has 0 heterocycles. The standard InChI is InChI=1S/C9H15ClN2O3S/c1-6(10)5-11-9(15)12-7(8(13)14)3-4-16-2/h7H,1,3-5H2,2H3,(H,13,14)(H2,11,12,15)/t7-/m0/s1. The quantitative estimate of drug-likeness (QED) is 0.648. The van der Waals surface area contributed by atoms with E-state index in [9.17, 15) is 9.59 Å². The second-order valence-corrected chi connectivity index (χ2v) is 4.54. The van der Waals surface area contributed by atoms with Crippen LogP contribution in [0.2, 0.25) is 0 Å². The van der Waals surface area contributed by atoms with E-state index in [2.05, 4.69) is 17.2 Å². The van der Waals surface area contributed by atoms with E-state index in [4.69, 9.17) is 16.7 Å². The van der Waals surface area contributed by atoms with Crippen LogP contribution < -0.4 is 10.6 Å². The largest absolute Gasteiger partial charge is 0.480 e. The van der Waals surface area contributed by atoms with Gasteiger partial charge in [0.1, 0.15) is 6.04 Å². The Bertz CT molecular complexity index is 273. The number of urea groups is 1. The van der Waals surface area contributed by atoms with Crippen molar-refractivity contribution in [3.05, 3.63) is 11.6 Å². The van der Waals surface area contributed by atoms with Crippen LogP contribution in [0.25, 0.3) is 0 Å². The number of thioether (sulfide) groups is 1. The molecule has 0 rings (SSSR count). The molecule has 0 radical (unpaired) electrons. The zero-order valence-corrected chi connectivity index (χ0v) is 10.5. The Balaban J connectivity index is 4.02. The van der Waals surface area contributed by atoms with Gasteiger partial charge >= 0.3 is 12.0 Å². The highest BCUT2D eigenvalue weighted by Crippen LogP contribution is 2.01. The van der Waals surface area contributed by atoms with Gasteiger partial charge < -0.3 is 15.7 Å². The highest BCUT2D eigenvalue weighted by molar-refractivity contribution is 7.98. The van der Waals surface area contributed by atoms with E-state index >= 15 is 0 Å². The summed E-state index contributed by atoms with van der Waals surface area (Å²) >= 11 is 6.97. The lowest BCUT2D eigenvalue weighted by Gasteiger charge is -2.14. The minimum Gasteiger partial charge on any atom is -0.480 e. The lowest BCUT2D eigenvalue weighted by Crippen LogP contribution is -2.46. The zero-order chi connectivity index (χ0) is 12.6. The maximum absolute atomic E-state index is 11.2. The van der Waals surface area contributed by atoms with E-state index in [0.717, 1.165) is 0 Å². The first-order chi connectivity index (χ1) is 7.47. The summed E-state index contributed by atoms with van der Waals surface area (Å²) in [5.41, 5.74) is 0. The summed E-state index contributed by atoms with van der Waals surface area (Å²) in [6.07, 6.45) is 2.25. The molecule has 92 valence electrons. The summed E-state index contributed by atoms with van der Waals surface area (Å²) < 4.78 is 0. The van der Waals surface area contributed by atoms with Gasteiger partial charge in [-0.3, -0.25) is 0 Å². The second-order valence-electron chi connectivity index (χ2n) is 3.02. The van der Waals surface area contributed by atoms with Gasteiger partial charge in [0.15, 0.2) is 0 Å². The highest BCUT2D eigenvalue weighted by Gasteiger charge is 2.18. The van der Waals surface area contributed by atoms with Crippen LogP contribution in [0.1, 0.15) is 6.42 Å². The van der Waals surface area contributed by atoms with Crippen molar-refractivity contribution in [3.63, 3.8) is 0 Å². The Morgan fingerprint density at radius 3 is 2.62 bits per heavy atom. The van der Waals surface area contributed by atoms with Crippen molar-refractivity contribution in [1.82, 2.24) is 10.6 Å². The lowest BCUT2D eigenvalue weighted by molar-refractivity contribution is -0.139. The SMILES string of the molecule is C=C(Cl)CNC(=O)N[C@@H](CCSC)C(=O)O. The molecule has 7 heteroatoms. The Labute approximate surface area is 104 Å². The van der Waals surface area contributed by atoms with Gasteiger partial charge in [-0.15, -0.1) is 0 Å². The van der Waals surface area contributed by atoms with Crippen molar-refractivity contribution in [1.29, 1.82) is 0 Å². The molecule has 0 aromatic rings. The van der Waals surface area contributed by atoms with Crippen molar-refractivity contribution in [3.8, 4) is 0 Å². The highest BCUT2D eigenvalue weighted by atomic mass is 35.5. The number of carboxylic acids is 1. The average Bonchev–Trinajstić information content (AvgIpc) is 2.20. The van der Waals surface area contributed by atoms with E-state index in [0.29, 0.717) is 12.2 Å². The number of aliphatic carboxylic acids is 1. The number of hydrogen-bond acceptors (Lipinski definition) is 3. The van der Waals surface area contributed by atoms with Crippen molar-refractivity contribution in [2.24, 2.45) is 0 Å². The van der Waals surface area contributed by atoms with Crippen LogP contribution in [0.3, 0.4) is 0 Å². The summed E-state index contributed by atoms with van der Waals surface area (Å²) in [4.78, 5) is 22.0. The number of carboxylic acid groups (broad SMARTS) is 1. The van der Waals surface area contributed by atoms with Crippen LogP contribution in [0.15, 0.2) is 11.6 Å². The smallest absolute Gasteiger partial charge is 0.326 e. The molecule has 0 saturated heterocycles. The monoisotopic (exact) mass is 266 g/mol. The summed E-state index contributed by atoms with van der Waals surface area (Å²) in [6.45, 7) is 3.51. The number of nitrogens with one attached hydrogen (secondary N) is 2. The molecule has 0 aromatic carbocycles. The minimum atomic E-state index is -1.05. The Morgan fingerprint density at radius 1 is 1.56 bits per heavy atom. The molecule has 0 fully saturated rings. The van der Waals surface area contributed by atoms with Gasteiger partial charge in [0, 0.05) is 5.03 Å². The first-order valence-electron chi connectivity index (χ1n) is 4.56.